The van der Waals surface area contributed by atoms with Gasteiger partial charge in [0.15, 0.2) is 23.0 Å². The molecule has 0 radical (unpaired) electrons. The smallest absolute Gasteiger partial charge is 0.315 e. The number of amides is 2. The number of hydrogen-bond acceptors (Lipinski definition) is 11. The molecule has 0 spiro atoms. The number of halogens is 4. The lowest BCUT2D eigenvalue weighted by Crippen LogP contribution is -2.53. The molecule has 4 aliphatic rings. The Labute approximate surface area is 464 Å². The fraction of sp³-hybridized carbons (Fsp3) is 0.561. The van der Waals surface area contributed by atoms with Gasteiger partial charge in [0.2, 0.25) is 11.5 Å². The number of hydrogen-bond donors (Lipinski definition) is 4. The average Bonchev–Trinajstić information content (AvgIpc) is 4.06. The SMILES string of the molecule is COc1cc(CCN)cc(OC)c1OC.COc1cc(CCNC(=O)N[C@@H]2CCC[C@H]2N2CCC(Cc3ccc(Cl)cc3)CC2)cc(OC)c1OC.Cl.Cl.N[C@@H]1CCC[C@H]1N1CCC(Cc2ccc(Cl)cc2)CC1. The number of carbonyl (C=O) groups excluding carboxylic acids is 1. The lowest BCUT2D eigenvalue weighted by Gasteiger charge is -2.38. The third-order valence-corrected chi connectivity index (χ3v) is 15.5. The zero-order valence-corrected chi connectivity index (χ0v) is 47.7. The highest BCUT2D eigenvalue weighted by molar-refractivity contribution is 6.30. The Bertz CT molecular complexity index is 2200. The fourth-order valence-electron chi connectivity index (χ4n) is 11.1. The molecule has 4 aromatic carbocycles. The molecule has 412 valence electrons. The number of rotatable bonds is 18. The molecule has 0 unspecified atom stereocenters. The van der Waals surface area contributed by atoms with E-state index in [0.29, 0.717) is 78.1 Å². The second kappa shape index (κ2) is 32.5. The van der Waals surface area contributed by atoms with E-state index >= 15 is 0 Å². The van der Waals surface area contributed by atoms with Crippen molar-refractivity contribution in [2.24, 2.45) is 23.3 Å². The summed E-state index contributed by atoms with van der Waals surface area (Å²) in [7, 11) is 9.59. The van der Waals surface area contributed by atoms with Crippen molar-refractivity contribution < 1.29 is 33.2 Å². The van der Waals surface area contributed by atoms with Crippen molar-refractivity contribution in [2.45, 2.75) is 114 Å². The highest BCUT2D eigenvalue weighted by atomic mass is 35.5. The van der Waals surface area contributed by atoms with Gasteiger partial charge in [0, 0.05) is 40.8 Å². The van der Waals surface area contributed by atoms with Crippen molar-refractivity contribution in [3.63, 3.8) is 0 Å². The number of methoxy groups -OCH3 is 6. The van der Waals surface area contributed by atoms with Crippen LogP contribution in [0, 0.1) is 11.8 Å². The molecule has 13 nitrogen and oxygen atoms in total. The van der Waals surface area contributed by atoms with E-state index in [-0.39, 0.29) is 36.9 Å². The van der Waals surface area contributed by atoms with Crippen LogP contribution in [0.5, 0.6) is 34.5 Å². The van der Waals surface area contributed by atoms with Gasteiger partial charge in [0.05, 0.1) is 42.7 Å². The molecule has 4 aromatic rings. The second-order valence-electron chi connectivity index (χ2n) is 19.6. The zero-order valence-electron chi connectivity index (χ0n) is 44.5. The minimum Gasteiger partial charge on any atom is -0.493 e. The van der Waals surface area contributed by atoms with E-state index in [1.165, 1.54) is 75.6 Å². The second-order valence-corrected chi connectivity index (χ2v) is 20.5. The highest BCUT2D eigenvalue weighted by Gasteiger charge is 2.35. The number of nitrogens with zero attached hydrogens (tertiary/aromatic N) is 2. The van der Waals surface area contributed by atoms with E-state index in [1.54, 1.807) is 42.7 Å². The van der Waals surface area contributed by atoms with E-state index in [0.717, 1.165) is 72.3 Å². The van der Waals surface area contributed by atoms with Crippen molar-refractivity contribution in [2.75, 3.05) is 81.9 Å². The standard InChI is InChI=1S/C29H40ClN3O4.C17H25ClN2.C11H17NO3.2ClH/c1-35-26-18-22(19-27(36-2)28(26)37-3)11-14-31-29(34)32-24-5-4-6-25(24)33-15-12-21(13-16-33)17-20-7-9-23(30)10-8-20;18-15-6-4-13(5-7-15)12-14-8-10-20(11-9-14)17-3-1-2-16(17)19;1-13-9-6-8(4-5-12)7-10(14-2)11(9)15-3;;/h7-10,18-19,21,24-25H,4-6,11-17H2,1-3H3,(H2,31,32,34);4-7,14,16-17H,1-3,8-12,19H2;6-7H,4-5,12H2,1-3H3;2*1H/t24-,25-;16-,17-;;;/m11.../s1. The van der Waals surface area contributed by atoms with E-state index in [4.69, 9.17) is 63.1 Å². The van der Waals surface area contributed by atoms with E-state index < -0.39 is 0 Å². The molecule has 6 N–H and O–H groups in total. The number of ether oxygens (including phenoxy) is 6. The van der Waals surface area contributed by atoms with Gasteiger partial charge in [-0.1, -0.05) is 53.9 Å². The maximum Gasteiger partial charge on any atom is 0.315 e. The van der Waals surface area contributed by atoms with Crippen molar-refractivity contribution in [1.82, 2.24) is 20.4 Å². The van der Waals surface area contributed by atoms with Crippen LogP contribution in [0.25, 0.3) is 0 Å². The summed E-state index contributed by atoms with van der Waals surface area (Å²) < 4.78 is 31.9. The minimum atomic E-state index is -0.0954. The first-order valence-corrected chi connectivity index (χ1v) is 26.8. The third kappa shape index (κ3) is 18.3. The molecule has 2 aliphatic carbocycles. The highest BCUT2D eigenvalue weighted by Crippen LogP contribution is 2.40. The molecule has 2 amide bonds. The number of nitrogens with two attached hydrogens (primary N) is 2. The van der Waals surface area contributed by atoms with Crippen LogP contribution in [-0.4, -0.2) is 122 Å². The Morgan fingerprint density at radius 2 is 0.959 bits per heavy atom. The molecule has 8 rings (SSSR count). The summed E-state index contributed by atoms with van der Waals surface area (Å²) in [4.78, 5) is 18.0. The van der Waals surface area contributed by atoms with Gasteiger partial charge in [-0.25, -0.2) is 4.79 Å². The summed E-state index contributed by atoms with van der Waals surface area (Å²) in [6, 6.07) is 25.9. The normalized spacial score (nSPS) is 20.0. The fourth-order valence-corrected chi connectivity index (χ4v) is 11.4. The maximum atomic E-state index is 12.7. The predicted molar refractivity (Wildman–Crippen MR) is 306 cm³/mol. The molecule has 2 heterocycles. The monoisotopic (exact) mass is 1100 g/mol. The molecule has 4 atom stereocenters. The van der Waals surface area contributed by atoms with Crippen LogP contribution in [0.3, 0.4) is 0 Å². The molecule has 0 bridgehead atoms. The maximum absolute atomic E-state index is 12.7. The van der Waals surface area contributed by atoms with E-state index in [9.17, 15) is 4.79 Å². The van der Waals surface area contributed by atoms with Crippen LogP contribution in [0.2, 0.25) is 10.0 Å². The lowest BCUT2D eigenvalue weighted by molar-refractivity contribution is 0.119. The summed E-state index contributed by atoms with van der Waals surface area (Å²) in [5, 5.41) is 7.92. The summed E-state index contributed by atoms with van der Waals surface area (Å²) >= 11 is 12.0. The van der Waals surface area contributed by atoms with Gasteiger partial charge in [-0.2, -0.15) is 0 Å². The Morgan fingerprint density at radius 1 is 0.554 bits per heavy atom. The van der Waals surface area contributed by atoms with Crippen LogP contribution in [0.15, 0.2) is 72.8 Å². The van der Waals surface area contributed by atoms with Gasteiger partial charge in [-0.05, 0) is 199 Å². The summed E-state index contributed by atoms with van der Waals surface area (Å²) in [6.45, 7) is 5.79. The number of benzene rings is 4. The van der Waals surface area contributed by atoms with Gasteiger partial charge < -0.3 is 50.5 Å². The molecule has 0 aromatic heterocycles. The largest absolute Gasteiger partial charge is 0.493 e. The first kappa shape index (κ1) is 62.5. The molecule has 17 heteroatoms. The van der Waals surface area contributed by atoms with Gasteiger partial charge in [-0.15, -0.1) is 24.8 Å². The third-order valence-electron chi connectivity index (χ3n) is 15.0. The van der Waals surface area contributed by atoms with E-state index in [1.807, 2.05) is 48.5 Å². The molecule has 2 saturated heterocycles. The average molecular weight is 1110 g/mol. The molecule has 4 fully saturated rings. The summed E-state index contributed by atoms with van der Waals surface area (Å²) in [5.74, 6) is 5.29. The topological polar surface area (TPSA) is 155 Å². The summed E-state index contributed by atoms with van der Waals surface area (Å²) in [6.07, 6.45) is 16.0. The summed E-state index contributed by atoms with van der Waals surface area (Å²) in [5.41, 5.74) is 16.6. The van der Waals surface area contributed by atoms with E-state index in [2.05, 4.69) is 44.7 Å². The van der Waals surface area contributed by atoms with Crippen LogP contribution in [0.1, 0.15) is 86.5 Å². The first-order valence-electron chi connectivity index (χ1n) is 26.0. The van der Waals surface area contributed by atoms with Gasteiger partial charge in [-0.3, -0.25) is 9.80 Å². The van der Waals surface area contributed by atoms with Gasteiger partial charge >= 0.3 is 6.03 Å². The molecule has 74 heavy (non-hydrogen) atoms. The van der Waals surface area contributed by atoms with Crippen LogP contribution in [-0.2, 0) is 25.7 Å². The Morgan fingerprint density at radius 3 is 1.35 bits per heavy atom. The Kier molecular flexibility index (Phi) is 27.5. The van der Waals surface area contributed by atoms with Crippen molar-refractivity contribution >= 4 is 54.0 Å². The Hall–Kier alpha value is -4.05. The van der Waals surface area contributed by atoms with Gasteiger partial charge in [0.1, 0.15) is 0 Å². The number of nitrogens with one attached hydrogen (secondary N) is 2. The van der Waals surface area contributed by atoms with Crippen LogP contribution >= 0.6 is 48.0 Å². The number of urea groups is 1. The number of likely N-dealkylation sites (tertiary alicyclic amines) is 2. The molecular formula is C57H84Cl4N6O7. The van der Waals surface area contributed by atoms with Gasteiger partial charge in [0.25, 0.3) is 0 Å². The van der Waals surface area contributed by atoms with Crippen LogP contribution < -0.4 is 50.5 Å². The van der Waals surface area contributed by atoms with Crippen molar-refractivity contribution in [1.29, 1.82) is 0 Å². The van der Waals surface area contributed by atoms with Crippen molar-refractivity contribution in [3.05, 3.63) is 105 Å². The Balaban J connectivity index is 0.000000268. The molecule has 2 saturated carbocycles. The van der Waals surface area contributed by atoms with Crippen molar-refractivity contribution in [3.8, 4) is 34.5 Å². The minimum absolute atomic E-state index is 0. The predicted octanol–water partition coefficient (Wildman–Crippen LogP) is 10.6. The first-order chi connectivity index (χ1) is 35.0. The lowest BCUT2D eigenvalue weighted by atomic mass is 9.89. The molecular weight excluding hydrogens is 1020 g/mol. The zero-order chi connectivity index (χ0) is 51.4. The van der Waals surface area contributed by atoms with Crippen LogP contribution in [0.4, 0.5) is 4.79 Å². The number of piperidine rings is 2. The quantitative estimate of drug-likeness (QED) is 0.0753. The molecule has 2 aliphatic heterocycles. The number of carbonyl (C=O) groups is 1.